The van der Waals surface area contributed by atoms with Gasteiger partial charge in [0.1, 0.15) is 16.9 Å². The molecule has 23 heavy (non-hydrogen) atoms. The van der Waals surface area contributed by atoms with Crippen LogP contribution in [0.1, 0.15) is 30.7 Å². The second kappa shape index (κ2) is 9.44. The number of thiazole rings is 1. The molecule has 7 heteroatoms. The van der Waals surface area contributed by atoms with Crippen molar-refractivity contribution in [3.05, 3.63) is 34.0 Å². The van der Waals surface area contributed by atoms with Crippen molar-refractivity contribution in [1.29, 1.82) is 0 Å². The van der Waals surface area contributed by atoms with Gasteiger partial charge in [-0.3, -0.25) is 0 Å². The van der Waals surface area contributed by atoms with Crippen LogP contribution in [0, 0.1) is 5.92 Å². The predicted molar refractivity (Wildman–Crippen MR) is 88.9 cm³/mol. The molecule has 0 fully saturated rings. The number of aromatic nitrogens is 1. The average Bonchev–Trinajstić information content (AvgIpc) is 3.01. The molecule has 1 unspecified atom stereocenters. The third-order valence-corrected chi connectivity index (χ3v) is 4.30. The van der Waals surface area contributed by atoms with Crippen molar-refractivity contribution < 1.29 is 24.1 Å². The Morgan fingerprint density at radius 3 is 2.48 bits per heavy atom. The first-order valence-corrected chi connectivity index (χ1v) is 7.98. The van der Waals surface area contributed by atoms with Crippen LogP contribution < -0.4 is 0 Å². The molecule has 128 valence electrons. The zero-order valence-electron chi connectivity index (χ0n) is 14.0. The number of nitrogens with zero attached hydrogens (tertiary/aromatic N) is 1. The molecule has 0 spiro atoms. The van der Waals surface area contributed by atoms with Crippen molar-refractivity contribution in [3.8, 4) is 0 Å². The number of hydrogen-bond donors (Lipinski definition) is 1. The summed E-state index contributed by atoms with van der Waals surface area (Å²) >= 11 is 1.40. The molecule has 1 rings (SSSR count). The van der Waals surface area contributed by atoms with E-state index in [0.29, 0.717) is 10.8 Å². The Morgan fingerprint density at radius 1 is 1.30 bits per heavy atom. The molecule has 1 heterocycles. The minimum absolute atomic E-state index is 0.185. The molecule has 0 amide bonds. The Hall–Kier alpha value is -1.70. The lowest BCUT2D eigenvalue weighted by Gasteiger charge is -2.21. The highest BCUT2D eigenvalue weighted by molar-refractivity contribution is 7.09. The molecule has 0 aromatic carbocycles. The fraction of sp³-hybridized carbons (Fsp3) is 0.500. The van der Waals surface area contributed by atoms with Gasteiger partial charge in [0.2, 0.25) is 0 Å². The number of carbonyl (C=O) groups is 1. The Labute approximate surface area is 140 Å². The maximum atomic E-state index is 11.4. The normalized spacial score (nSPS) is 16.2. The molecule has 6 nitrogen and oxygen atoms in total. The van der Waals surface area contributed by atoms with E-state index in [0.717, 1.165) is 5.69 Å². The van der Waals surface area contributed by atoms with Gasteiger partial charge in [0.15, 0.2) is 0 Å². The van der Waals surface area contributed by atoms with Crippen molar-refractivity contribution in [2.75, 3.05) is 21.3 Å². The lowest BCUT2D eigenvalue weighted by atomic mass is 10.0. The van der Waals surface area contributed by atoms with Crippen LogP contribution in [-0.4, -0.2) is 43.5 Å². The molecule has 0 radical (unpaired) electrons. The number of aliphatic hydroxyl groups is 1. The number of carbonyl (C=O) groups excluding carboxylic acids is 1. The van der Waals surface area contributed by atoms with E-state index < -0.39 is 12.1 Å². The summed E-state index contributed by atoms with van der Waals surface area (Å²) in [6, 6.07) is 0. The minimum Gasteiger partial charge on any atom is -0.500 e. The maximum Gasteiger partial charge on any atom is 0.333 e. The van der Waals surface area contributed by atoms with Gasteiger partial charge in [-0.05, 0) is 13.0 Å². The first kappa shape index (κ1) is 19.3. The summed E-state index contributed by atoms with van der Waals surface area (Å²) in [7, 11) is 4.39. The molecule has 1 aromatic rings. The summed E-state index contributed by atoms with van der Waals surface area (Å²) in [6.07, 6.45) is 4.08. The highest BCUT2D eigenvalue weighted by atomic mass is 32.1. The van der Waals surface area contributed by atoms with Crippen LogP contribution in [0.25, 0.3) is 6.08 Å². The summed E-state index contributed by atoms with van der Waals surface area (Å²) < 4.78 is 15.3. The third kappa shape index (κ3) is 5.78. The first-order valence-electron chi connectivity index (χ1n) is 7.10. The second-order valence-electron chi connectivity index (χ2n) is 4.91. The van der Waals surface area contributed by atoms with Crippen LogP contribution in [0.3, 0.4) is 0 Å². The van der Waals surface area contributed by atoms with Crippen LogP contribution in [0.15, 0.2) is 23.3 Å². The number of methoxy groups -OCH3 is 3. The van der Waals surface area contributed by atoms with E-state index in [1.807, 2.05) is 24.5 Å². The Bertz CT molecular complexity index is 565. The standard InChI is InChI=1S/C16H23NO5S/c1-10(14(21-4)8-15(19)22-5)13(20-3)7-6-12-9-23-16(17-12)11(2)18/h6-11,13,18H,1-5H3/b7-6-,14-8+/t10-,11?,13+/m1/s1. The molecule has 1 N–H and O–H groups in total. The van der Waals surface area contributed by atoms with Crippen LogP contribution in [0.4, 0.5) is 0 Å². The lowest BCUT2D eigenvalue weighted by molar-refractivity contribution is -0.135. The van der Waals surface area contributed by atoms with Crippen molar-refractivity contribution in [2.45, 2.75) is 26.1 Å². The summed E-state index contributed by atoms with van der Waals surface area (Å²) in [5.74, 6) is -0.194. The van der Waals surface area contributed by atoms with E-state index in [1.165, 1.54) is 31.6 Å². The molecule has 0 saturated carbocycles. The molecule has 0 aliphatic rings. The molecular formula is C16H23NO5S. The molecule has 3 atom stereocenters. The van der Waals surface area contributed by atoms with Gasteiger partial charge in [0, 0.05) is 18.4 Å². The maximum absolute atomic E-state index is 11.4. The van der Waals surface area contributed by atoms with Gasteiger partial charge in [-0.2, -0.15) is 0 Å². The highest BCUT2D eigenvalue weighted by Gasteiger charge is 2.20. The number of esters is 1. The summed E-state index contributed by atoms with van der Waals surface area (Å²) in [5, 5.41) is 12.0. The van der Waals surface area contributed by atoms with E-state index in [9.17, 15) is 9.90 Å². The van der Waals surface area contributed by atoms with E-state index in [4.69, 9.17) is 9.47 Å². The lowest BCUT2D eigenvalue weighted by Crippen LogP contribution is -2.21. The Kier molecular flexibility index (Phi) is 7.94. The SMILES string of the molecule is COC(=O)/C=C(/OC)[C@H](C)[C@H](/C=C\c1csc(C(C)O)n1)OC. The van der Waals surface area contributed by atoms with Gasteiger partial charge in [-0.15, -0.1) is 11.3 Å². The van der Waals surface area contributed by atoms with Crippen molar-refractivity contribution in [2.24, 2.45) is 5.92 Å². The summed E-state index contributed by atoms with van der Waals surface area (Å²) in [6.45, 7) is 3.56. The number of hydrogen-bond acceptors (Lipinski definition) is 7. The third-order valence-electron chi connectivity index (χ3n) is 3.26. The smallest absolute Gasteiger partial charge is 0.333 e. The topological polar surface area (TPSA) is 77.9 Å². The van der Waals surface area contributed by atoms with Gasteiger partial charge in [0.25, 0.3) is 0 Å². The van der Waals surface area contributed by atoms with Gasteiger partial charge in [-0.1, -0.05) is 13.0 Å². The number of aliphatic hydroxyl groups excluding tert-OH is 1. The molecular weight excluding hydrogens is 318 g/mol. The summed E-state index contributed by atoms with van der Waals surface area (Å²) in [5.41, 5.74) is 0.746. The Morgan fingerprint density at radius 2 is 2.00 bits per heavy atom. The van der Waals surface area contributed by atoms with Crippen molar-refractivity contribution >= 4 is 23.4 Å². The van der Waals surface area contributed by atoms with Crippen LogP contribution >= 0.6 is 11.3 Å². The van der Waals surface area contributed by atoms with Gasteiger partial charge in [-0.25, -0.2) is 9.78 Å². The van der Waals surface area contributed by atoms with Crippen molar-refractivity contribution in [1.82, 2.24) is 4.98 Å². The highest BCUT2D eigenvalue weighted by Crippen LogP contribution is 2.22. The van der Waals surface area contributed by atoms with E-state index in [-0.39, 0.29) is 12.0 Å². The average molecular weight is 341 g/mol. The molecule has 0 aliphatic heterocycles. The molecule has 0 aliphatic carbocycles. The van der Waals surface area contributed by atoms with Crippen LogP contribution in [0.5, 0.6) is 0 Å². The second-order valence-corrected chi connectivity index (χ2v) is 5.80. The van der Waals surface area contributed by atoms with E-state index >= 15 is 0 Å². The predicted octanol–water partition coefficient (Wildman–Crippen LogP) is 2.56. The van der Waals surface area contributed by atoms with Gasteiger partial charge in [0.05, 0.1) is 32.1 Å². The first-order chi connectivity index (χ1) is 10.9. The quantitative estimate of drug-likeness (QED) is 0.445. The van der Waals surface area contributed by atoms with Crippen LogP contribution in [-0.2, 0) is 19.0 Å². The number of rotatable bonds is 8. The molecule has 0 bridgehead atoms. The summed E-state index contributed by atoms with van der Waals surface area (Å²) in [4.78, 5) is 15.7. The van der Waals surface area contributed by atoms with Gasteiger partial charge >= 0.3 is 5.97 Å². The van der Waals surface area contributed by atoms with Crippen molar-refractivity contribution in [3.63, 3.8) is 0 Å². The molecule has 1 aromatic heterocycles. The number of ether oxygens (including phenoxy) is 3. The largest absolute Gasteiger partial charge is 0.500 e. The van der Waals surface area contributed by atoms with E-state index in [2.05, 4.69) is 9.72 Å². The van der Waals surface area contributed by atoms with E-state index in [1.54, 1.807) is 14.0 Å². The Balaban J connectivity index is 2.87. The zero-order chi connectivity index (χ0) is 17.4. The van der Waals surface area contributed by atoms with Gasteiger partial charge < -0.3 is 19.3 Å². The fourth-order valence-electron chi connectivity index (χ4n) is 1.93. The fourth-order valence-corrected chi connectivity index (χ4v) is 2.65. The monoisotopic (exact) mass is 341 g/mol. The van der Waals surface area contributed by atoms with Crippen LogP contribution in [0.2, 0.25) is 0 Å². The molecule has 0 saturated heterocycles. The zero-order valence-corrected chi connectivity index (χ0v) is 14.8. The minimum atomic E-state index is -0.581.